The summed E-state index contributed by atoms with van der Waals surface area (Å²) in [4.78, 5) is 12.4. The Morgan fingerprint density at radius 3 is 2.20 bits per heavy atom. The highest BCUT2D eigenvalue weighted by molar-refractivity contribution is 9.10. The van der Waals surface area contributed by atoms with Gasteiger partial charge in [0.2, 0.25) is 10.0 Å². The number of sulfonamides is 1. The number of thiocarbonyl (C=S) groups is 1. The lowest BCUT2D eigenvalue weighted by molar-refractivity contribution is 0.0977. The van der Waals surface area contributed by atoms with E-state index in [1.165, 1.54) is 12.1 Å². The van der Waals surface area contributed by atoms with E-state index in [0.29, 0.717) is 15.7 Å². The molecule has 0 aromatic heterocycles. The van der Waals surface area contributed by atoms with Crippen LogP contribution in [0.15, 0.2) is 88.2 Å². The van der Waals surface area contributed by atoms with Crippen LogP contribution in [-0.2, 0) is 16.6 Å². The first-order chi connectivity index (χ1) is 14.3. The summed E-state index contributed by atoms with van der Waals surface area (Å²) < 4.78 is 28.1. The van der Waals surface area contributed by atoms with Gasteiger partial charge in [0.25, 0.3) is 5.91 Å². The molecular formula is C21H18BrN3O3S2. The number of carbonyl (C=O) groups is 1. The number of amides is 1. The second-order valence-corrected chi connectivity index (χ2v) is 9.25. The molecular weight excluding hydrogens is 486 g/mol. The molecule has 0 fully saturated rings. The van der Waals surface area contributed by atoms with Crippen molar-refractivity contribution in [3.05, 3.63) is 94.5 Å². The van der Waals surface area contributed by atoms with Crippen LogP contribution in [0, 0.1) is 0 Å². The average Bonchev–Trinajstić information content (AvgIpc) is 2.73. The van der Waals surface area contributed by atoms with Crippen molar-refractivity contribution in [3.8, 4) is 0 Å². The van der Waals surface area contributed by atoms with E-state index in [2.05, 4.69) is 31.3 Å². The fourth-order valence-electron chi connectivity index (χ4n) is 2.55. The number of benzene rings is 3. The van der Waals surface area contributed by atoms with E-state index in [4.69, 9.17) is 12.2 Å². The molecule has 3 rings (SSSR count). The Balaban J connectivity index is 1.59. The molecule has 0 saturated carbocycles. The van der Waals surface area contributed by atoms with Crippen LogP contribution in [0.3, 0.4) is 0 Å². The van der Waals surface area contributed by atoms with Crippen LogP contribution in [0.2, 0.25) is 0 Å². The molecule has 0 radical (unpaired) electrons. The van der Waals surface area contributed by atoms with Crippen LogP contribution in [0.1, 0.15) is 15.9 Å². The van der Waals surface area contributed by atoms with Gasteiger partial charge in [-0.3, -0.25) is 10.1 Å². The normalized spacial score (nSPS) is 11.0. The third kappa shape index (κ3) is 5.96. The number of rotatable bonds is 6. The first-order valence-electron chi connectivity index (χ1n) is 8.86. The highest BCUT2D eigenvalue weighted by Gasteiger charge is 2.14. The molecule has 1 amide bonds. The smallest absolute Gasteiger partial charge is 0.258 e. The minimum absolute atomic E-state index is 0.105. The first kappa shape index (κ1) is 22.1. The molecule has 3 aromatic rings. The van der Waals surface area contributed by atoms with Crippen LogP contribution < -0.4 is 15.4 Å². The van der Waals surface area contributed by atoms with Crippen molar-refractivity contribution in [2.75, 3.05) is 5.32 Å². The third-order valence-electron chi connectivity index (χ3n) is 4.08. The van der Waals surface area contributed by atoms with E-state index in [1.807, 2.05) is 36.4 Å². The largest absolute Gasteiger partial charge is 0.332 e. The number of anilines is 1. The van der Waals surface area contributed by atoms with E-state index < -0.39 is 10.0 Å². The minimum Gasteiger partial charge on any atom is -0.332 e. The van der Waals surface area contributed by atoms with Gasteiger partial charge in [0.05, 0.1) is 10.5 Å². The van der Waals surface area contributed by atoms with Crippen molar-refractivity contribution in [2.45, 2.75) is 11.4 Å². The maximum absolute atomic E-state index is 12.5. The zero-order chi connectivity index (χ0) is 21.6. The summed E-state index contributed by atoms with van der Waals surface area (Å²) in [6.07, 6.45) is 0. The lowest BCUT2D eigenvalue weighted by atomic mass is 10.2. The lowest BCUT2D eigenvalue weighted by Crippen LogP contribution is -2.34. The molecule has 0 aliphatic heterocycles. The van der Waals surface area contributed by atoms with Crippen molar-refractivity contribution in [2.24, 2.45) is 0 Å². The Kier molecular flexibility index (Phi) is 7.33. The predicted octanol–water partition coefficient (Wildman–Crippen LogP) is 4.05. The van der Waals surface area contributed by atoms with E-state index >= 15 is 0 Å². The topological polar surface area (TPSA) is 87.3 Å². The van der Waals surface area contributed by atoms with Crippen molar-refractivity contribution in [3.63, 3.8) is 0 Å². The molecule has 3 N–H and O–H groups in total. The third-order valence-corrected chi connectivity index (χ3v) is 6.39. The van der Waals surface area contributed by atoms with Crippen LogP contribution >= 0.6 is 28.1 Å². The van der Waals surface area contributed by atoms with Gasteiger partial charge in [0, 0.05) is 16.7 Å². The molecule has 30 heavy (non-hydrogen) atoms. The summed E-state index contributed by atoms with van der Waals surface area (Å²) in [7, 11) is -3.65. The molecule has 6 nitrogen and oxygen atoms in total. The molecule has 9 heteroatoms. The van der Waals surface area contributed by atoms with Gasteiger partial charge in [-0.1, -0.05) is 42.5 Å². The molecule has 0 heterocycles. The standard InChI is InChI=1S/C21H18BrN3O3S2/c22-19-9-5-4-8-18(19)20(26)25-21(29)24-16-10-12-17(13-11-16)30(27,28)23-14-15-6-2-1-3-7-15/h1-13,23H,14H2,(H2,24,25,26,29). The molecule has 0 atom stereocenters. The SMILES string of the molecule is O=C(NC(=S)Nc1ccc(S(=O)(=O)NCc2ccccc2)cc1)c1ccccc1Br. The quantitative estimate of drug-likeness (QED) is 0.441. The van der Waals surface area contributed by atoms with E-state index in [9.17, 15) is 13.2 Å². The van der Waals surface area contributed by atoms with Crippen molar-refractivity contribution >= 4 is 54.9 Å². The van der Waals surface area contributed by atoms with Crippen LogP contribution in [-0.4, -0.2) is 19.4 Å². The fraction of sp³-hybridized carbons (Fsp3) is 0.0476. The second-order valence-electron chi connectivity index (χ2n) is 6.22. The summed E-state index contributed by atoms with van der Waals surface area (Å²) in [5.74, 6) is -0.357. The highest BCUT2D eigenvalue weighted by Crippen LogP contribution is 2.17. The highest BCUT2D eigenvalue weighted by atomic mass is 79.9. The number of hydrogen-bond acceptors (Lipinski definition) is 4. The summed E-state index contributed by atoms with van der Waals surface area (Å²) in [6, 6.07) is 22.3. The molecule has 0 aliphatic carbocycles. The zero-order valence-corrected chi connectivity index (χ0v) is 18.9. The summed E-state index contributed by atoms with van der Waals surface area (Å²) in [5, 5.41) is 5.56. The maximum atomic E-state index is 12.5. The van der Waals surface area contributed by atoms with Gasteiger partial charge < -0.3 is 5.32 Å². The number of carbonyl (C=O) groups excluding carboxylic acids is 1. The molecule has 0 saturated heterocycles. The molecule has 0 spiro atoms. The first-order valence-corrected chi connectivity index (χ1v) is 11.5. The van der Waals surface area contributed by atoms with Crippen LogP contribution in [0.5, 0.6) is 0 Å². The average molecular weight is 504 g/mol. The van der Waals surface area contributed by atoms with E-state index in [1.54, 1.807) is 30.3 Å². The van der Waals surface area contributed by atoms with Crippen molar-refractivity contribution in [1.82, 2.24) is 10.0 Å². The Labute approximate surface area is 188 Å². The minimum atomic E-state index is -3.65. The molecule has 0 unspecified atom stereocenters. The monoisotopic (exact) mass is 503 g/mol. The van der Waals surface area contributed by atoms with E-state index in [0.717, 1.165) is 5.56 Å². The zero-order valence-electron chi connectivity index (χ0n) is 15.6. The summed E-state index contributed by atoms with van der Waals surface area (Å²) >= 11 is 8.49. The van der Waals surface area contributed by atoms with Gasteiger partial charge in [-0.2, -0.15) is 0 Å². The van der Waals surface area contributed by atoms with E-state index in [-0.39, 0.29) is 22.5 Å². The van der Waals surface area contributed by atoms with Crippen LogP contribution in [0.4, 0.5) is 5.69 Å². The number of nitrogens with one attached hydrogen (secondary N) is 3. The van der Waals surface area contributed by atoms with Gasteiger partial charge >= 0.3 is 0 Å². The molecule has 3 aromatic carbocycles. The molecule has 0 bridgehead atoms. The van der Waals surface area contributed by atoms with Gasteiger partial charge in [0.15, 0.2) is 5.11 Å². The Bertz CT molecular complexity index is 1150. The molecule has 0 aliphatic rings. The van der Waals surface area contributed by atoms with Crippen molar-refractivity contribution in [1.29, 1.82) is 0 Å². The number of halogens is 1. The van der Waals surface area contributed by atoms with Gasteiger partial charge in [0.1, 0.15) is 0 Å². The summed E-state index contributed by atoms with van der Waals surface area (Å²) in [5.41, 5.74) is 1.87. The Morgan fingerprint density at radius 2 is 1.53 bits per heavy atom. The number of hydrogen-bond donors (Lipinski definition) is 3. The van der Waals surface area contributed by atoms with Gasteiger partial charge in [-0.05, 0) is 70.1 Å². The Morgan fingerprint density at radius 1 is 0.900 bits per heavy atom. The van der Waals surface area contributed by atoms with Gasteiger partial charge in [-0.15, -0.1) is 0 Å². The summed E-state index contributed by atoms with van der Waals surface area (Å²) in [6.45, 7) is 0.203. The molecule has 154 valence electrons. The lowest BCUT2D eigenvalue weighted by Gasteiger charge is -2.11. The Hall–Kier alpha value is -2.59. The van der Waals surface area contributed by atoms with Crippen molar-refractivity contribution < 1.29 is 13.2 Å². The second kappa shape index (κ2) is 9.94. The van der Waals surface area contributed by atoms with Gasteiger partial charge in [-0.25, -0.2) is 13.1 Å². The predicted molar refractivity (Wildman–Crippen MR) is 125 cm³/mol. The van der Waals surface area contributed by atoms with Crippen LogP contribution in [0.25, 0.3) is 0 Å². The maximum Gasteiger partial charge on any atom is 0.258 e. The fourth-order valence-corrected chi connectivity index (χ4v) is 4.25.